The Kier molecular flexibility index (Phi) is 4.17. The number of benzene rings is 1. The van der Waals surface area contributed by atoms with Gasteiger partial charge in [-0.25, -0.2) is 4.98 Å². The average Bonchev–Trinajstić information content (AvgIpc) is 2.69. The highest BCUT2D eigenvalue weighted by molar-refractivity contribution is 9.10. The molecule has 0 spiro atoms. The van der Waals surface area contributed by atoms with Gasteiger partial charge in [0, 0.05) is 22.0 Å². The summed E-state index contributed by atoms with van der Waals surface area (Å²) in [5, 5.41) is 0.679. The van der Waals surface area contributed by atoms with Crippen molar-refractivity contribution in [2.75, 3.05) is 5.73 Å². The molecule has 108 valence electrons. The van der Waals surface area contributed by atoms with Gasteiger partial charge in [0.1, 0.15) is 17.3 Å². The van der Waals surface area contributed by atoms with Gasteiger partial charge in [-0.3, -0.25) is 0 Å². The molecule has 0 aliphatic heterocycles. The number of imidazole rings is 1. The fourth-order valence-electron chi connectivity index (χ4n) is 2.32. The van der Waals surface area contributed by atoms with Crippen LogP contribution in [0.25, 0.3) is 11.3 Å². The molecule has 0 amide bonds. The standard InChI is InChI=1S/C15H19BrClN3/c1-5-12-19-13(14(18)20(12)15(2,3)4)9-6-7-11(17)10(16)8-9/h6-8H,5,18H2,1-4H3. The Bertz CT molecular complexity index is 641. The Morgan fingerprint density at radius 1 is 1.35 bits per heavy atom. The second-order valence-electron chi connectivity index (χ2n) is 5.75. The van der Waals surface area contributed by atoms with Gasteiger partial charge in [0.15, 0.2) is 0 Å². The average molecular weight is 357 g/mol. The van der Waals surface area contributed by atoms with E-state index in [1.807, 2.05) is 18.2 Å². The van der Waals surface area contributed by atoms with E-state index in [-0.39, 0.29) is 5.54 Å². The van der Waals surface area contributed by atoms with Crippen LogP contribution in [0.1, 0.15) is 33.5 Å². The highest BCUT2D eigenvalue weighted by Crippen LogP contribution is 2.34. The van der Waals surface area contributed by atoms with Crippen molar-refractivity contribution in [2.24, 2.45) is 0 Å². The van der Waals surface area contributed by atoms with E-state index in [1.54, 1.807) is 0 Å². The van der Waals surface area contributed by atoms with Gasteiger partial charge in [0.05, 0.1) is 5.02 Å². The number of rotatable bonds is 2. The number of hydrogen-bond acceptors (Lipinski definition) is 2. The SMILES string of the molecule is CCc1nc(-c2ccc(Cl)c(Br)c2)c(N)n1C(C)(C)C. The predicted octanol–water partition coefficient (Wildman–Crippen LogP) is 4.87. The highest BCUT2D eigenvalue weighted by atomic mass is 79.9. The summed E-state index contributed by atoms with van der Waals surface area (Å²) < 4.78 is 2.95. The molecule has 2 aromatic rings. The van der Waals surface area contributed by atoms with Gasteiger partial charge in [0.2, 0.25) is 0 Å². The monoisotopic (exact) mass is 355 g/mol. The molecule has 0 aliphatic rings. The summed E-state index contributed by atoms with van der Waals surface area (Å²) in [7, 11) is 0. The van der Waals surface area contributed by atoms with Crippen molar-refractivity contribution in [1.29, 1.82) is 0 Å². The molecule has 1 aromatic carbocycles. The molecule has 20 heavy (non-hydrogen) atoms. The van der Waals surface area contributed by atoms with Crippen LogP contribution in [0.5, 0.6) is 0 Å². The first-order valence-corrected chi connectivity index (χ1v) is 7.75. The predicted molar refractivity (Wildman–Crippen MR) is 89.2 cm³/mol. The molecule has 0 unspecified atom stereocenters. The summed E-state index contributed by atoms with van der Waals surface area (Å²) in [6, 6.07) is 5.74. The van der Waals surface area contributed by atoms with Crippen molar-refractivity contribution in [1.82, 2.24) is 9.55 Å². The molecule has 0 bridgehead atoms. The number of anilines is 1. The summed E-state index contributed by atoms with van der Waals surface area (Å²) in [4.78, 5) is 4.71. The van der Waals surface area contributed by atoms with Gasteiger partial charge in [-0.15, -0.1) is 0 Å². The number of aryl methyl sites for hydroxylation is 1. The lowest BCUT2D eigenvalue weighted by Crippen LogP contribution is -2.25. The number of nitrogens with zero attached hydrogens (tertiary/aromatic N) is 2. The summed E-state index contributed by atoms with van der Waals surface area (Å²) in [6.07, 6.45) is 0.843. The summed E-state index contributed by atoms with van der Waals surface area (Å²) in [5.41, 5.74) is 8.03. The third-order valence-electron chi connectivity index (χ3n) is 3.16. The maximum atomic E-state index is 6.34. The molecule has 3 nitrogen and oxygen atoms in total. The van der Waals surface area contributed by atoms with Gasteiger partial charge in [-0.1, -0.05) is 24.6 Å². The van der Waals surface area contributed by atoms with Gasteiger partial charge in [-0.05, 0) is 48.8 Å². The number of halogens is 2. The van der Waals surface area contributed by atoms with Crippen LogP contribution >= 0.6 is 27.5 Å². The van der Waals surface area contributed by atoms with E-state index >= 15 is 0 Å². The molecule has 5 heteroatoms. The van der Waals surface area contributed by atoms with Crippen molar-refractivity contribution in [2.45, 2.75) is 39.7 Å². The number of nitrogen functional groups attached to an aromatic ring is 1. The maximum absolute atomic E-state index is 6.34. The third kappa shape index (κ3) is 2.72. The second-order valence-corrected chi connectivity index (χ2v) is 7.01. The molecular formula is C15H19BrClN3. The van der Waals surface area contributed by atoms with Crippen molar-refractivity contribution < 1.29 is 0 Å². The zero-order chi connectivity index (χ0) is 15.1. The molecule has 1 aromatic heterocycles. The van der Waals surface area contributed by atoms with Crippen LogP contribution < -0.4 is 5.73 Å². The molecule has 0 saturated carbocycles. The third-order valence-corrected chi connectivity index (χ3v) is 4.38. The van der Waals surface area contributed by atoms with Crippen molar-refractivity contribution in [3.8, 4) is 11.3 Å². The van der Waals surface area contributed by atoms with Crippen LogP contribution in [0.4, 0.5) is 5.82 Å². The quantitative estimate of drug-likeness (QED) is 0.834. The molecule has 2 rings (SSSR count). The van der Waals surface area contributed by atoms with Gasteiger partial charge < -0.3 is 10.3 Å². The number of nitrogens with two attached hydrogens (primary N) is 1. The molecule has 1 heterocycles. The molecular weight excluding hydrogens is 338 g/mol. The Morgan fingerprint density at radius 3 is 2.45 bits per heavy atom. The summed E-state index contributed by atoms with van der Waals surface area (Å²) in [6.45, 7) is 8.48. The van der Waals surface area contributed by atoms with E-state index in [4.69, 9.17) is 22.3 Å². The Hall–Kier alpha value is -1.00. The minimum Gasteiger partial charge on any atom is -0.383 e. The summed E-state index contributed by atoms with van der Waals surface area (Å²) in [5.74, 6) is 1.69. The number of hydrogen-bond donors (Lipinski definition) is 1. The van der Waals surface area contributed by atoms with Crippen LogP contribution in [0.15, 0.2) is 22.7 Å². The first-order chi connectivity index (χ1) is 9.25. The van der Waals surface area contributed by atoms with Crippen LogP contribution in [0.3, 0.4) is 0 Å². The van der Waals surface area contributed by atoms with Gasteiger partial charge >= 0.3 is 0 Å². The van der Waals surface area contributed by atoms with Crippen molar-refractivity contribution >= 4 is 33.3 Å². The van der Waals surface area contributed by atoms with E-state index < -0.39 is 0 Å². The maximum Gasteiger partial charge on any atom is 0.132 e. The Morgan fingerprint density at radius 2 is 2.00 bits per heavy atom. The second kappa shape index (κ2) is 5.41. The number of aromatic nitrogens is 2. The smallest absolute Gasteiger partial charge is 0.132 e. The Balaban J connectivity index is 2.64. The zero-order valence-corrected chi connectivity index (χ0v) is 14.5. The first-order valence-electron chi connectivity index (χ1n) is 6.58. The molecule has 0 radical (unpaired) electrons. The summed E-state index contributed by atoms with van der Waals surface area (Å²) >= 11 is 9.48. The lowest BCUT2D eigenvalue weighted by atomic mass is 10.1. The zero-order valence-electron chi connectivity index (χ0n) is 12.2. The fourth-order valence-corrected chi connectivity index (χ4v) is 2.82. The van der Waals surface area contributed by atoms with Crippen molar-refractivity contribution in [3.05, 3.63) is 33.5 Å². The Labute approximate surface area is 133 Å². The largest absolute Gasteiger partial charge is 0.383 e. The molecule has 0 aliphatic carbocycles. The van der Waals surface area contributed by atoms with Crippen LogP contribution in [0.2, 0.25) is 5.02 Å². The molecule has 0 atom stereocenters. The van der Waals surface area contributed by atoms with Crippen molar-refractivity contribution in [3.63, 3.8) is 0 Å². The normalized spacial score (nSPS) is 11.9. The van der Waals surface area contributed by atoms with Gasteiger partial charge in [-0.2, -0.15) is 0 Å². The highest BCUT2D eigenvalue weighted by Gasteiger charge is 2.23. The molecule has 0 saturated heterocycles. The fraction of sp³-hybridized carbons (Fsp3) is 0.400. The van der Waals surface area contributed by atoms with Crippen LogP contribution in [0, 0.1) is 0 Å². The lowest BCUT2D eigenvalue weighted by Gasteiger charge is -2.24. The van der Waals surface area contributed by atoms with E-state index in [0.717, 1.165) is 28.0 Å². The molecule has 0 fully saturated rings. The minimum absolute atomic E-state index is 0.0929. The minimum atomic E-state index is -0.0929. The van der Waals surface area contributed by atoms with E-state index in [1.165, 1.54) is 0 Å². The first kappa shape index (κ1) is 15.4. The van der Waals surface area contributed by atoms with E-state index in [2.05, 4.69) is 48.2 Å². The van der Waals surface area contributed by atoms with Crippen LogP contribution in [-0.4, -0.2) is 9.55 Å². The molecule has 2 N–H and O–H groups in total. The van der Waals surface area contributed by atoms with E-state index in [9.17, 15) is 0 Å². The van der Waals surface area contributed by atoms with Gasteiger partial charge in [0.25, 0.3) is 0 Å². The lowest BCUT2D eigenvalue weighted by molar-refractivity contribution is 0.389. The van der Waals surface area contributed by atoms with Crippen LogP contribution in [-0.2, 0) is 12.0 Å². The topological polar surface area (TPSA) is 43.8 Å². The van der Waals surface area contributed by atoms with E-state index in [0.29, 0.717) is 10.8 Å².